The van der Waals surface area contributed by atoms with E-state index >= 15 is 0 Å². The normalized spacial score (nSPS) is 49.9. The van der Waals surface area contributed by atoms with E-state index in [4.69, 9.17) is 18.9 Å². The first-order valence-electron chi connectivity index (χ1n) is 17.1. The van der Waals surface area contributed by atoms with Crippen LogP contribution >= 0.6 is 0 Å². The Morgan fingerprint density at radius 1 is 1.00 bits per heavy atom. The van der Waals surface area contributed by atoms with Crippen LogP contribution in [0, 0.1) is 45.3 Å². The van der Waals surface area contributed by atoms with Crippen LogP contribution < -0.4 is 0 Å². The van der Waals surface area contributed by atoms with Gasteiger partial charge in [0.1, 0.15) is 6.10 Å². The lowest BCUT2D eigenvalue weighted by Crippen LogP contribution is -2.56. The minimum atomic E-state index is -1.25. The summed E-state index contributed by atoms with van der Waals surface area (Å²) in [4.78, 5) is 26.4. The average Bonchev–Trinajstić information content (AvgIpc) is 3.54. The molecule has 8 unspecified atom stereocenters. The molecular formula is C35H56O7. The molecule has 0 amide bonds. The molecule has 7 fully saturated rings. The highest BCUT2D eigenvalue weighted by Crippen LogP contribution is 2.87. The van der Waals surface area contributed by atoms with Crippen molar-refractivity contribution in [1.82, 2.24) is 0 Å². The molecule has 5 aliphatic carbocycles. The first-order valence-corrected chi connectivity index (χ1v) is 17.1. The van der Waals surface area contributed by atoms with Crippen LogP contribution in [-0.2, 0) is 28.5 Å². The molecule has 0 aromatic carbocycles. The molecule has 0 bridgehead atoms. The van der Waals surface area contributed by atoms with Gasteiger partial charge in [0.25, 0.3) is 0 Å². The lowest BCUT2D eigenvalue weighted by Gasteiger charge is -2.59. The maximum Gasteiger partial charge on any atom is 0.303 e. The molecule has 42 heavy (non-hydrogen) atoms. The molecule has 0 radical (unpaired) electrons. The lowest BCUT2D eigenvalue weighted by molar-refractivity contribution is -0.237. The molecule has 0 aromatic rings. The number of ether oxygens (including phenoxy) is 4. The average molecular weight is 589 g/mol. The number of fused-ring (bicyclic) bond motifs is 4. The topological polar surface area (TPSA) is 91.3 Å². The molecule has 1 N–H and O–H groups in total. The fourth-order valence-electron chi connectivity index (χ4n) is 12.3. The van der Waals surface area contributed by atoms with Gasteiger partial charge in [-0.25, -0.2) is 0 Å². The first kappa shape index (κ1) is 29.7. The van der Waals surface area contributed by atoms with Crippen molar-refractivity contribution >= 4 is 11.8 Å². The van der Waals surface area contributed by atoms with Crippen LogP contribution in [0.4, 0.5) is 0 Å². The molecule has 2 spiro atoms. The van der Waals surface area contributed by atoms with Crippen LogP contribution in [0.1, 0.15) is 120 Å². The number of Topliss-reactive ketones (excluding diaryl/α,β-unsaturated/α-hetero) is 1. The van der Waals surface area contributed by atoms with E-state index in [1.165, 1.54) is 39.0 Å². The fraction of sp³-hybridized carbons (Fsp3) is 0.943. The number of ketones is 1. The van der Waals surface area contributed by atoms with E-state index in [2.05, 4.69) is 20.8 Å². The number of hydrogen-bond donors (Lipinski definition) is 1. The van der Waals surface area contributed by atoms with Gasteiger partial charge in [-0.3, -0.25) is 9.59 Å². The largest absolute Gasteiger partial charge is 0.457 e. The zero-order chi connectivity index (χ0) is 29.9. The highest BCUT2D eigenvalue weighted by atomic mass is 16.7. The van der Waals surface area contributed by atoms with Crippen molar-refractivity contribution in [2.24, 2.45) is 45.3 Å². The van der Waals surface area contributed by atoms with Crippen LogP contribution in [-0.4, -0.2) is 59.8 Å². The summed E-state index contributed by atoms with van der Waals surface area (Å²) in [6.07, 6.45) is 11.6. The number of carbonyl (C=O) groups excluding carboxylic acids is 2. The maximum atomic E-state index is 14.5. The molecule has 7 aliphatic rings. The third-order valence-corrected chi connectivity index (χ3v) is 14.1. The predicted octanol–water partition coefficient (Wildman–Crippen LogP) is 6.23. The lowest BCUT2D eigenvalue weighted by atomic mass is 9.46. The molecule has 2 saturated heterocycles. The summed E-state index contributed by atoms with van der Waals surface area (Å²) >= 11 is 0. The van der Waals surface area contributed by atoms with Gasteiger partial charge in [0.15, 0.2) is 18.2 Å². The van der Waals surface area contributed by atoms with E-state index in [1.807, 2.05) is 0 Å². The Bertz CT molecular complexity index is 1110. The summed E-state index contributed by atoms with van der Waals surface area (Å²) in [5, 5.41) is 10.8. The summed E-state index contributed by atoms with van der Waals surface area (Å²) in [6.45, 7) is 12.8. The van der Waals surface area contributed by atoms with E-state index in [1.54, 1.807) is 13.8 Å². The summed E-state index contributed by atoms with van der Waals surface area (Å²) in [7, 11) is 0. The zero-order valence-electron chi connectivity index (χ0n) is 26.8. The number of rotatable bonds is 5. The van der Waals surface area contributed by atoms with E-state index in [-0.39, 0.29) is 41.9 Å². The van der Waals surface area contributed by atoms with Gasteiger partial charge in [0.05, 0.1) is 17.8 Å². The van der Waals surface area contributed by atoms with Crippen molar-refractivity contribution in [1.29, 1.82) is 0 Å². The minimum absolute atomic E-state index is 0. The Morgan fingerprint density at radius 2 is 1.76 bits per heavy atom. The van der Waals surface area contributed by atoms with E-state index in [0.29, 0.717) is 29.5 Å². The van der Waals surface area contributed by atoms with Gasteiger partial charge < -0.3 is 24.1 Å². The van der Waals surface area contributed by atoms with Gasteiger partial charge in [-0.15, -0.1) is 0 Å². The van der Waals surface area contributed by atoms with E-state index < -0.39 is 29.9 Å². The Kier molecular flexibility index (Phi) is 6.88. The highest BCUT2D eigenvalue weighted by Gasteiger charge is 2.82. The molecule has 7 rings (SSSR count). The molecule has 238 valence electrons. The second kappa shape index (κ2) is 9.74. The SMILES string of the molecule is CC(=O)O[C@@H](C1CCC2C(O1)C(=O)C1C3CCC4C(C)(C)[C@@H](OC5CCCCO5)CC[C@@]45CC35CC[C@]21C)C(C)(C)O.[HH]. The van der Waals surface area contributed by atoms with Gasteiger partial charge in [-0.2, -0.15) is 0 Å². The molecule has 0 aromatic heterocycles. The van der Waals surface area contributed by atoms with Gasteiger partial charge in [-0.1, -0.05) is 20.8 Å². The van der Waals surface area contributed by atoms with E-state index in [9.17, 15) is 14.7 Å². The number of carbonyl (C=O) groups is 2. The second-order valence-electron chi connectivity index (χ2n) is 16.9. The van der Waals surface area contributed by atoms with Crippen molar-refractivity contribution in [3.63, 3.8) is 0 Å². The van der Waals surface area contributed by atoms with Gasteiger partial charge in [0, 0.05) is 20.9 Å². The van der Waals surface area contributed by atoms with Crippen molar-refractivity contribution in [3.05, 3.63) is 0 Å². The van der Waals surface area contributed by atoms with Crippen LogP contribution in [0.15, 0.2) is 0 Å². The summed E-state index contributed by atoms with van der Waals surface area (Å²) < 4.78 is 24.9. The molecule has 12 atom stereocenters. The van der Waals surface area contributed by atoms with E-state index in [0.717, 1.165) is 45.1 Å². The molecular weight excluding hydrogens is 532 g/mol. The monoisotopic (exact) mass is 588 g/mol. The third kappa shape index (κ3) is 4.11. The molecule has 5 saturated carbocycles. The van der Waals surface area contributed by atoms with Crippen LogP contribution in [0.2, 0.25) is 0 Å². The van der Waals surface area contributed by atoms with Crippen molar-refractivity contribution in [3.8, 4) is 0 Å². The summed E-state index contributed by atoms with van der Waals surface area (Å²) in [5.41, 5.74) is -0.574. The Morgan fingerprint density at radius 3 is 2.45 bits per heavy atom. The molecule has 7 heteroatoms. The van der Waals surface area contributed by atoms with Gasteiger partial charge in [0.2, 0.25) is 0 Å². The Labute approximate surface area is 253 Å². The Hall–Kier alpha value is -1.02. The summed E-state index contributed by atoms with van der Waals surface area (Å²) in [6, 6.07) is 0. The number of esters is 1. The second-order valence-corrected chi connectivity index (χ2v) is 16.9. The Balaban J connectivity index is 0.00000329. The molecule has 2 aliphatic heterocycles. The minimum Gasteiger partial charge on any atom is -0.457 e. The van der Waals surface area contributed by atoms with Crippen LogP contribution in [0.3, 0.4) is 0 Å². The molecule has 2 heterocycles. The maximum absolute atomic E-state index is 14.5. The van der Waals surface area contributed by atoms with Crippen molar-refractivity contribution in [2.45, 2.75) is 155 Å². The molecule has 7 nitrogen and oxygen atoms in total. The highest BCUT2D eigenvalue weighted by molar-refractivity contribution is 5.90. The standard InChI is InChI=1S/C35H54O7.H2/c1-20(36)40-30(32(4,5)38)23-12-10-22-29(41-23)28(37)27-21-11-13-24-31(2,3)25(42-26-9-7-8-18-39-26)14-15-35(24)19-34(21,35)17-16-33(22,27)6;/h21-27,29-30,38H,7-19H2,1-6H3;1H/t21?,22?,23?,24?,25-,26?,27?,29?,30-,33+,34?,35+;/m0./s1. The fourth-order valence-corrected chi connectivity index (χ4v) is 12.3. The zero-order valence-corrected chi connectivity index (χ0v) is 26.8. The first-order chi connectivity index (χ1) is 19.7. The predicted molar refractivity (Wildman–Crippen MR) is 158 cm³/mol. The van der Waals surface area contributed by atoms with Crippen molar-refractivity contribution < 1.29 is 35.1 Å². The van der Waals surface area contributed by atoms with Gasteiger partial charge in [-0.05, 0) is 130 Å². The number of hydrogen-bond acceptors (Lipinski definition) is 7. The van der Waals surface area contributed by atoms with Gasteiger partial charge >= 0.3 is 5.97 Å². The van der Waals surface area contributed by atoms with Crippen LogP contribution in [0.5, 0.6) is 0 Å². The van der Waals surface area contributed by atoms with Crippen molar-refractivity contribution in [2.75, 3.05) is 6.61 Å². The van der Waals surface area contributed by atoms with Crippen LogP contribution in [0.25, 0.3) is 0 Å². The summed E-state index contributed by atoms with van der Waals surface area (Å²) in [5.74, 6) is 1.16. The smallest absolute Gasteiger partial charge is 0.303 e. The number of aliphatic hydroxyl groups is 1. The third-order valence-electron chi connectivity index (χ3n) is 14.1. The quantitative estimate of drug-likeness (QED) is 0.301.